The molecule has 1 fully saturated rings. The van der Waals surface area contributed by atoms with Gasteiger partial charge in [0.2, 0.25) is 5.91 Å². The van der Waals surface area contributed by atoms with E-state index in [-0.39, 0.29) is 24.4 Å². The highest BCUT2D eigenvalue weighted by Gasteiger charge is 2.42. The molecule has 118 valence electrons. The zero-order chi connectivity index (χ0) is 16.3. The summed E-state index contributed by atoms with van der Waals surface area (Å²) in [7, 11) is 0. The first-order valence-corrected chi connectivity index (χ1v) is 8.02. The number of carbonyl (C=O) groups is 1. The molecule has 1 aliphatic rings. The van der Waals surface area contributed by atoms with Crippen molar-refractivity contribution in [2.75, 3.05) is 6.54 Å². The lowest BCUT2D eigenvalue weighted by Gasteiger charge is -2.23. The number of amides is 1. The highest BCUT2D eigenvalue weighted by Crippen LogP contribution is 2.39. The van der Waals surface area contributed by atoms with Crippen LogP contribution in [0.5, 0.6) is 0 Å². The number of nitriles is 1. The average molecular weight is 340 g/mol. The van der Waals surface area contributed by atoms with Gasteiger partial charge < -0.3 is 10.6 Å². The minimum atomic E-state index is -0.758. The molecule has 6 heteroatoms. The first-order chi connectivity index (χ1) is 10.4. The Morgan fingerprint density at radius 2 is 2.14 bits per heavy atom. The van der Waals surface area contributed by atoms with Crippen molar-refractivity contribution in [3.05, 3.63) is 33.8 Å². The summed E-state index contributed by atoms with van der Waals surface area (Å²) in [4.78, 5) is 12.0. The summed E-state index contributed by atoms with van der Waals surface area (Å²) in [5.41, 5.74) is 0.193. The van der Waals surface area contributed by atoms with Crippen LogP contribution >= 0.6 is 23.2 Å². The molecule has 0 bridgehead atoms. The van der Waals surface area contributed by atoms with E-state index in [2.05, 4.69) is 16.7 Å². The molecule has 1 amide bonds. The van der Waals surface area contributed by atoms with Gasteiger partial charge >= 0.3 is 0 Å². The van der Waals surface area contributed by atoms with Crippen molar-refractivity contribution in [3.8, 4) is 6.07 Å². The maximum Gasteiger partial charge on any atom is 0.235 e. The molecule has 1 saturated carbocycles. The smallest absolute Gasteiger partial charge is 0.235 e. The molecule has 0 spiro atoms. The average Bonchev–Trinajstić information content (AvgIpc) is 3.32. The molecule has 2 N–H and O–H groups in total. The maximum absolute atomic E-state index is 12.0. The lowest BCUT2D eigenvalue weighted by Crippen LogP contribution is -2.49. The van der Waals surface area contributed by atoms with Gasteiger partial charge in [0.1, 0.15) is 5.54 Å². The van der Waals surface area contributed by atoms with Crippen LogP contribution < -0.4 is 10.6 Å². The molecule has 22 heavy (non-hydrogen) atoms. The van der Waals surface area contributed by atoms with Gasteiger partial charge in [0.05, 0.1) is 22.7 Å². The topological polar surface area (TPSA) is 64.9 Å². The molecule has 1 aromatic rings. The van der Waals surface area contributed by atoms with E-state index >= 15 is 0 Å². The predicted molar refractivity (Wildman–Crippen MR) is 87.8 cm³/mol. The molecule has 0 aromatic heterocycles. The highest BCUT2D eigenvalue weighted by atomic mass is 35.5. The Morgan fingerprint density at radius 1 is 1.45 bits per heavy atom. The number of hydrogen-bond donors (Lipinski definition) is 2. The van der Waals surface area contributed by atoms with Crippen LogP contribution in [0.4, 0.5) is 0 Å². The first kappa shape index (κ1) is 17.1. The van der Waals surface area contributed by atoms with Crippen LogP contribution in [0, 0.1) is 17.2 Å². The fourth-order valence-electron chi connectivity index (χ4n) is 2.36. The third-order valence-electron chi connectivity index (χ3n) is 4.04. The molecule has 1 aromatic carbocycles. The second-order valence-electron chi connectivity index (χ2n) is 5.91. The molecule has 2 rings (SSSR count). The third kappa shape index (κ3) is 4.13. The number of benzene rings is 1. The summed E-state index contributed by atoms with van der Waals surface area (Å²) in [6, 6.07) is 7.55. The number of nitrogens with one attached hydrogen (secondary N) is 2. The summed E-state index contributed by atoms with van der Waals surface area (Å²) in [6.45, 7) is 3.87. The summed E-state index contributed by atoms with van der Waals surface area (Å²) < 4.78 is 0. The third-order valence-corrected chi connectivity index (χ3v) is 4.78. The Bertz CT molecular complexity index is 610. The van der Waals surface area contributed by atoms with Crippen molar-refractivity contribution in [1.82, 2.24) is 10.6 Å². The molecule has 0 aliphatic heterocycles. The van der Waals surface area contributed by atoms with Crippen LogP contribution in [0.2, 0.25) is 10.0 Å². The van der Waals surface area contributed by atoms with Gasteiger partial charge in [-0.15, -0.1) is 0 Å². The minimum absolute atomic E-state index is 0.0465. The fourth-order valence-corrected chi connectivity index (χ4v) is 2.67. The van der Waals surface area contributed by atoms with E-state index in [4.69, 9.17) is 23.2 Å². The van der Waals surface area contributed by atoms with Crippen LogP contribution in [0.1, 0.15) is 38.3 Å². The van der Waals surface area contributed by atoms with Gasteiger partial charge in [0.15, 0.2) is 0 Å². The van der Waals surface area contributed by atoms with Crippen molar-refractivity contribution in [2.24, 2.45) is 5.92 Å². The number of hydrogen-bond acceptors (Lipinski definition) is 3. The number of halogens is 2. The van der Waals surface area contributed by atoms with Gasteiger partial charge in [0.25, 0.3) is 0 Å². The van der Waals surface area contributed by atoms with Gasteiger partial charge in [-0.05, 0) is 50.3 Å². The molecule has 0 saturated heterocycles. The van der Waals surface area contributed by atoms with Gasteiger partial charge in [0, 0.05) is 6.04 Å². The van der Waals surface area contributed by atoms with Gasteiger partial charge in [-0.3, -0.25) is 4.79 Å². The van der Waals surface area contributed by atoms with Crippen LogP contribution in [-0.4, -0.2) is 18.0 Å². The second-order valence-corrected chi connectivity index (χ2v) is 6.73. The second kappa shape index (κ2) is 6.87. The first-order valence-electron chi connectivity index (χ1n) is 7.26. The van der Waals surface area contributed by atoms with Crippen LogP contribution in [0.15, 0.2) is 18.2 Å². The minimum Gasteiger partial charge on any atom is -0.337 e. The van der Waals surface area contributed by atoms with Gasteiger partial charge in [-0.2, -0.15) is 5.26 Å². The molecule has 2 atom stereocenters. The van der Waals surface area contributed by atoms with Crippen LogP contribution in [-0.2, 0) is 4.79 Å². The molecule has 0 heterocycles. The van der Waals surface area contributed by atoms with Crippen molar-refractivity contribution >= 4 is 29.1 Å². The van der Waals surface area contributed by atoms with Gasteiger partial charge in [-0.1, -0.05) is 29.3 Å². The van der Waals surface area contributed by atoms with Crippen LogP contribution in [0.25, 0.3) is 0 Å². The van der Waals surface area contributed by atoms with E-state index in [1.807, 2.05) is 13.0 Å². The van der Waals surface area contributed by atoms with E-state index < -0.39 is 5.54 Å². The normalized spacial score (nSPS) is 18.1. The van der Waals surface area contributed by atoms with E-state index in [1.54, 1.807) is 19.1 Å². The predicted octanol–water partition coefficient (Wildman–Crippen LogP) is 3.45. The molecule has 0 radical (unpaired) electrons. The van der Waals surface area contributed by atoms with Gasteiger partial charge in [-0.25, -0.2) is 0 Å². The van der Waals surface area contributed by atoms with Crippen molar-refractivity contribution in [1.29, 1.82) is 5.26 Å². The van der Waals surface area contributed by atoms with Crippen LogP contribution in [0.3, 0.4) is 0 Å². The van der Waals surface area contributed by atoms with Crippen molar-refractivity contribution in [2.45, 2.75) is 38.3 Å². The Labute approximate surface area is 140 Å². The summed E-state index contributed by atoms with van der Waals surface area (Å²) in [5.74, 6) is 0.0943. The Morgan fingerprint density at radius 3 is 2.68 bits per heavy atom. The lowest BCUT2D eigenvalue weighted by molar-refractivity contribution is -0.121. The Kier molecular flexibility index (Phi) is 5.33. The molecular formula is C16H19Cl2N3O. The Hall–Kier alpha value is -1.28. The SMILES string of the molecule is CC(NCC(=O)NC(C)(C#N)C1CC1)c1ccc(Cl)c(Cl)c1. The summed E-state index contributed by atoms with van der Waals surface area (Å²) in [6.07, 6.45) is 1.99. The Balaban J connectivity index is 1.87. The standard InChI is InChI=1S/C16H19Cl2N3O/c1-10(11-3-6-13(17)14(18)7-11)20-8-15(22)21-16(2,9-19)12-4-5-12/h3,6-7,10,12,20H,4-5,8H2,1-2H3,(H,21,22). The number of rotatable bonds is 6. The van der Waals surface area contributed by atoms with Crippen molar-refractivity contribution < 1.29 is 4.79 Å². The maximum atomic E-state index is 12.0. The fraction of sp³-hybridized carbons (Fsp3) is 0.500. The zero-order valence-electron chi connectivity index (χ0n) is 12.6. The monoisotopic (exact) mass is 339 g/mol. The number of nitrogens with zero attached hydrogens (tertiary/aromatic N) is 1. The van der Waals surface area contributed by atoms with Crippen molar-refractivity contribution in [3.63, 3.8) is 0 Å². The molecular weight excluding hydrogens is 321 g/mol. The summed E-state index contributed by atoms with van der Waals surface area (Å²) >= 11 is 11.9. The van der Waals surface area contributed by atoms with E-state index in [0.717, 1.165) is 18.4 Å². The quantitative estimate of drug-likeness (QED) is 0.834. The number of carbonyl (C=O) groups excluding carboxylic acids is 1. The molecule has 1 aliphatic carbocycles. The van der Waals surface area contributed by atoms with E-state index in [1.165, 1.54) is 0 Å². The molecule has 2 unspecified atom stereocenters. The largest absolute Gasteiger partial charge is 0.337 e. The lowest BCUT2D eigenvalue weighted by atomic mass is 9.98. The van der Waals surface area contributed by atoms with E-state index in [9.17, 15) is 10.1 Å². The summed E-state index contributed by atoms with van der Waals surface area (Å²) in [5, 5.41) is 16.2. The zero-order valence-corrected chi connectivity index (χ0v) is 14.1. The van der Waals surface area contributed by atoms with E-state index in [0.29, 0.717) is 10.0 Å². The molecule has 4 nitrogen and oxygen atoms in total. The highest BCUT2D eigenvalue weighted by molar-refractivity contribution is 6.42.